The molecule has 25 heavy (non-hydrogen) atoms. The summed E-state index contributed by atoms with van der Waals surface area (Å²) in [6.07, 6.45) is 0.687. The van der Waals surface area contributed by atoms with Crippen LogP contribution in [0.5, 0.6) is 0 Å². The van der Waals surface area contributed by atoms with Crippen molar-refractivity contribution in [1.29, 1.82) is 0 Å². The van der Waals surface area contributed by atoms with Crippen LogP contribution in [-0.4, -0.2) is 18.5 Å². The van der Waals surface area contributed by atoms with Crippen LogP contribution in [-0.2, 0) is 9.53 Å². The third kappa shape index (κ3) is 4.69. The fourth-order valence-corrected chi connectivity index (χ4v) is 3.66. The average Bonchev–Trinajstić information content (AvgIpc) is 3.01. The fraction of sp³-hybridized carbons (Fsp3) is 0.400. The molecule has 1 aromatic carbocycles. The molecule has 134 valence electrons. The molecule has 1 N–H and O–H groups in total. The predicted molar refractivity (Wildman–Crippen MR) is 102 cm³/mol. The zero-order valence-corrected chi connectivity index (χ0v) is 16.0. The number of thiophene rings is 1. The first-order chi connectivity index (χ1) is 12.0. The Bertz CT molecular complexity index is 722. The van der Waals surface area contributed by atoms with Gasteiger partial charge in [-0.15, -0.1) is 11.3 Å². The van der Waals surface area contributed by atoms with Gasteiger partial charge in [0.25, 0.3) is 0 Å². The van der Waals surface area contributed by atoms with Gasteiger partial charge in [-0.1, -0.05) is 51.1 Å². The summed E-state index contributed by atoms with van der Waals surface area (Å²) in [6.45, 7) is 8.18. The van der Waals surface area contributed by atoms with Crippen molar-refractivity contribution < 1.29 is 14.3 Å². The molecule has 1 amide bonds. The number of carbonyl (C=O) groups is 2. The highest BCUT2D eigenvalue weighted by molar-refractivity contribution is 7.16. The molecule has 2 rings (SSSR count). The van der Waals surface area contributed by atoms with E-state index in [0.717, 1.165) is 10.4 Å². The first-order valence-corrected chi connectivity index (χ1v) is 9.46. The van der Waals surface area contributed by atoms with Crippen molar-refractivity contribution in [3.05, 3.63) is 52.4 Å². The number of rotatable bonds is 7. The van der Waals surface area contributed by atoms with Crippen molar-refractivity contribution in [2.75, 3.05) is 11.9 Å². The van der Waals surface area contributed by atoms with Crippen LogP contribution in [0.2, 0.25) is 0 Å². The lowest BCUT2D eigenvalue weighted by Crippen LogP contribution is -2.21. The van der Waals surface area contributed by atoms with E-state index in [4.69, 9.17) is 4.74 Å². The Kier molecular flexibility index (Phi) is 6.76. The van der Waals surface area contributed by atoms with Gasteiger partial charge in [0.2, 0.25) is 5.91 Å². The Hall–Kier alpha value is -2.14. The van der Waals surface area contributed by atoms with E-state index in [1.807, 2.05) is 43.3 Å². The van der Waals surface area contributed by atoms with Crippen LogP contribution in [0.4, 0.5) is 5.00 Å². The Morgan fingerprint density at radius 1 is 1.16 bits per heavy atom. The van der Waals surface area contributed by atoms with Gasteiger partial charge in [0.05, 0.1) is 18.1 Å². The zero-order valence-electron chi connectivity index (χ0n) is 15.2. The van der Waals surface area contributed by atoms with Gasteiger partial charge >= 0.3 is 5.97 Å². The van der Waals surface area contributed by atoms with Crippen LogP contribution < -0.4 is 5.32 Å². The van der Waals surface area contributed by atoms with Gasteiger partial charge in [-0.05, 0) is 30.9 Å². The molecule has 0 aliphatic heterocycles. The lowest BCUT2D eigenvalue weighted by molar-refractivity contribution is -0.117. The van der Waals surface area contributed by atoms with E-state index in [1.54, 1.807) is 6.92 Å². The molecule has 2 aromatic rings. The second-order valence-corrected chi connectivity index (χ2v) is 7.21. The maximum atomic E-state index is 12.8. The fourth-order valence-electron chi connectivity index (χ4n) is 2.60. The van der Waals surface area contributed by atoms with Gasteiger partial charge in [-0.2, -0.15) is 0 Å². The van der Waals surface area contributed by atoms with E-state index in [2.05, 4.69) is 19.2 Å². The SMILES string of the molecule is CCOC(=O)c1cc(C(C)C)sc1NC(=O)C(CC)c1ccccc1. The van der Waals surface area contributed by atoms with Crippen LogP contribution in [0.15, 0.2) is 36.4 Å². The Morgan fingerprint density at radius 2 is 1.84 bits per heavy atom. The number of hydrogen-bond donors (Lipinski definition) is 1. The molecule has 0 aliphatic rings. The molecule has 0 bridgehead atoms. The molecule has 0 aliphatic carbocycles. The topological polar surface area (TPSA) is 55.4 Å². The molecule has 1 unspecified atom stereocenters. The summed E-state index contributed by atoms with van der Waals surface area (Å²) in [5.41, 5.74) is 1.41. The summed E-state index contributed by atoms with van der Waals surface area (Å²) in [7, 11) is 0. The van der Waals surface area contributed by atoms with Crippen LogP contribution in [0.1, 0.15) is 66.8 Å². The molecule has 1 aromatic heterocycles. The molecule has 0 radical (unpaired) electrons. The van der Waals surface area contributed by atoms with Crippen molar-refractivity contribution in [2.24, 2.45) is 0 Å². The molecule has 4 nitrogen and oxygen atoms in total. The van der Waals surface area contributed by atoms with E-state index in [1.165, 1.54) is 11.3 Å². The van der Waals surface area contributed by atoms with Crippen molar-refractivity contribution in [3.63, 3.8) is 0 Å². The van der Waals surface area contributed by atoms with E-state index < -0.39 is 5.97 Å². The Morgan fingerprint density at radius 3 is 2.40 bits per heavy atom. The second kappa shape index (κ2) is 8.81. The lowest BCUT2D eigenvalue weighted by Gasteiger charge is -2.15. The van der Waals surface area contributed by atoms with Gasteiger partial charge in [-0.25, -0.2) is 4.79 Å². The number of ether oxygens (including phenoxy) is 1. The minimum Gasteiger partial charge on any atom is -0.462 e. The molecule has 1 atom stereocenters. The quantitative estimate of drug-likeness (QED) is 0.693. The number of anilines is 1. The van der Waals surface area contributed by atoms with Crippen LogP contribution >= 0.6 is 11.3 Å². The molecule has 0 saturated carbocycles. The van der Waals surface area contributed by atoms with E-state index in [-0.39, 0.29) is 17.7 Å². The average molecular weight is 359 g/mol. The van der Waals surface area contributed by atoms with Crippen LogP contribution in [0.25, 0.3) is 0 Å². The number of nitrogens with one attached hydrogen (secondary N) is 1. The zero-order chi connectivity index (χ0) is 18.4. The van der Waals surface area contributed by atoms with Crippen molar-refractivity contribution in [3.8, 4) is 0 Å². The largest absolute Gasteiger partial charge is 0.462 e. The summed E-state index contributed by atoms with van der Waals surface area (Å²) < 4.78 is 5.13. The third-order valence-electron chi connectivity index (χ3n) is 3.98. The minimum atomic E-state index is -0.395. The van der Waals surface area contributed by atoms with Crippen LogP contribution in [0, 0.1) is 0 Å². The maximum Gasteiger partial charge on any atom is 0.341 e. The van der Waals surface area contributed by atoms with E-state index >= 15 is 0 Å². The van der Waals surface area contributed by atoms with E-state index in [0.29, 0.717) is 23.6 Å². The Balaban J connectivity index is 2.28. The van der Waals surface area contributed by atoms with Crippen molar-refractivity contribution in [1.82, 2.24) is 0 Å². The summed E-state index contributed by atoms with van der Waals surface area (Å²) in [5, 5.41) is 3.52. The monoisotopic (exact) mass is 359 g/mol. The standard InChI is InChI=1S/C20H25NO3S/c1-5-15(14-10-8-7-9-11-14)18(22)21-19-16(20(23)24-6-2)12-17(25-19)13(3)4/h7-13,15H,5-6H2,1-4H3,(H,21,22). The minimum absolute atomic E-state index is 0.101. The summed E-state index contributed by atoms with van der Waals surface area (Å²) in [4.78, 5) is 26.1. The summed E-state index contributed by atoms with van der Waals surface area (Å²) in [5.74, 6) is -0.467. The second-order valence-electron chi connectivity index (χ2n) is 6.13. The number of hydrogen-bond acceptors (Lipinski definition) is 4. The smallest absolute Gasteiger partial charge is 0.341 e. The molecule has 1 heterocycles. The van der Waals surface area contributed by atoms with Crippen molar-refractivity contribution >= 4 is 28.2 Å². The van der Waals surface area contributed by atoms with Gasteiger partial charge in [-0.3, -0.25) is 4.79 Å². The highest BCUT2D eigenvalue weighted by Crippen LogP contribution is 2.34. The summed E-state index contributed by atoms with van der Waals surface area (Å²) >= 11 is 1.44. The molecular formula is C20H25NO3S. The lowest BCUT2D eigenvalue weighted by atomic mass is 9.96. The third-order valence-corrected chi connectivity index (χ3v) is 5.33. The van der Waals surface area contributed by atoms with Gasteiger partial charge < -0.3 is 10.1 Å². The first-order valence-electron chi connectivity index (χ1n) is 8.64. The highest BCUT2D eigenvalue weighted by atomic mass is 32.1. The molecule has 0 saturated heterocycles. The molecular weight excluding hydrogens is 334 g/mol. The van der Waals surface area contributed by atoms with E-state index in [9.17, 15) is 9.59 Å². The number of carbonyl (C=O) groups excluding carboxylic acids is 2. The maximum absolute atomic E-state index is 12.8. The van der Waals surface area contributed by atoms with Crippen molar-refractivity contribution in [2.45, 2.75) is 46.0 Å². The molecule has 0 fully saturated rings. The highest BCUT2D eigenvalue weighted by Gasteiger charge is 2.24. The number of benzene rings is 1. The normalized spacial score (nSPS) is 12.0. The Labute approximate surface area is 153 Å². The van der Waals surface area contributed by atoms with Gasteiger partial charge in [0.15, 0.2) is 0 Å². The summed E-state index contributed by atoms with van der Waals surface area (Å²) in [6, 6.07) is 11.5. The number of esters is 1. The number of amides is 1. The molecule has 5 heteroatoms. The van der Waals surface area contributed by atoms with Gasteiger partial charge in [0.1, 0.15) is 5.00 Å². The van der Waals surface area contributed by atoms with Crippen LogP contribution in [0.3, 0.4) is 0 Å². The predicted octanol–water partition coefficient (Wildman–Crippen LogP) is 5.18. The first kappa shape index (κ1) is 19.2. The molecule has 0 spiro atoms. The van der Waals surface area contributed by atoms with Gasteiger partial charge in [0, 0.05) is 4.88 Å².